The van der Waals surface area contributed by atoms with Gasteiger partial charge in [-0.1, -0.05) is 0 Å². The first kappa shape index (κ1) is 16.5. The van der Waals surface area contributed by atoms with E-state index in [0.29, 0.717) is 12.2 Å². The summed E-state index contributed by atoms with van der Waals surface area (Å²) in [5, 5.41) is 1.48. The van der Waals surface area contributed by atoms with Crippen molar-refractivity contribution in [1.82, 2.24) is 0 Å². The molecule has 120 valence electrons. The Kier molecular flexibility index (Phi) is 5.02. The maximum absolute atomic E-state index is 6.16. The first-order valence-electron chi connectivity index (χ1n) is 7.33. The van der Waals surface area contributed by atoms with E-state index in [1.165, 1.54) is 17.9 Å². The summed E-state index contributed by atoms with van der Waals surface area (Å²) >= 11 is 12.2. The molecule has 4 rings (SSSR count). The number of ether oxygens (including phenoxy) is 2. The van der Waals surface area contributed by atoms with E-state index in [4.69, 9.17) is 9.47 Å². The van der Waals surface area contributed by atoms with Gasteiger partial charge in [0.2, 0.25) is 7.19 Å². The van der Waals surface area contributed by atoms with Crippen LogP contribution in [-0.2, 0) is 9.47 Å². The average Bonchev–Trinajstić information content (AvgIpc) is 3.17. The van der Waals surface area contributed by atoms with Gasteiger partial charge in [0.25, 0.3) is 0 Å². The minimum Gasteiger partial charge on any atom is -0.342 e. The first-order valence-corrected chi connectivity index (χ1v) is 13.0. The van der Waals surface area contributed by atoms with Crippen molar-refractivity contribution in [3.8, 4) is 0 Å². The van der Waals surface area contributed by atoms with Crippen LogP contribution in [0.5, 0.6) is 0 Å². The van der Waals surface area contributed by atoms with Gasteiger partial charge in [-0.15, -0.1) is 70.6 Å². The third-order valence-corrected chi connectivity index (χ3v) is 14.5. The molecule has 6 unspecified atom stereocenters. The van der Waals surface area contributed by atoms with Crippen LogP contribution in [0, 0.1) is 0 Å². The Labute approximate surface area is 152 Å². The van der Waals surface area contributed by atoms with Crippen LogP contribution in [0.1, 0.15) is 20.3 Å². The highest BCUT2D eigenvalue weighted by Crippen LogP contribution is 2.63. The number of thioether (sulfide) groups is 6. The van der Waals surface area contributed by atoms with Crippen molar-refractivity contribution < 1.29 is 9.47 Å². The minimum absolute atomic E-state index is 0.0192. The molecule has 4 heterocycles. The second kappa shape index (κ2) is 6.39. The summed E-state index contributed by atoms with van der Waals surface area (Å²) in [5.41, 5.74) is 0. The highest BCUT2D eigenvalue weighted by Gasteiger charge is 2.51. The predicted molar refractivity (Wildman–Crippen MR) is 104 cm³/mol. The summed E-state index contributed by atoms with van der Waals surface area (Å²) in [6, 6.07) is 0. The van der Waals surface area contributed by atoms with Gasteiger partial charge >= 0.3 is 0 Å². The van der Waals surface area contributed by atoms with Crippen molar-refractivity contribution in [2.75, 3.05) is 23.0 Å². The third kappa shape index (κ3) is 3.53. The smallest absolute Gasteiger partial charge is 0.209 e. The number of rotatable bonds is 2. The average molecular weight is 401 g/mol. The molecule has 4 fully saturated rings. The topological polar surface area (TPSA) is 18.5 Å². The van der Waals surface area contributed by atoms with E-state index in [2.05, 4.69) is 37.4 Å². The van der Waals surface area contributed by atoms with Crippen molar-refractivity contribution in [2.24, 2.45) is 0 Å². The lowest BCUT2D eigenvalue weighted by Gasteiger charge is -2.22. The molecule has 21 heavy (non-hydrogen) atoms. The Morgan fingerprint density at radius 2 is 1.19 bits per heavy atom. The zero-order chi connectivity index (χ0) is 14.5. The molecular formula is C13H20O2S6. The Hall–Kier alpha value is 2.02. The molecule has 4 aliphatic heterocycles. The molecule has 4 saturated heterocycles. The van der Waals surface area contributed by atoms with Crippen LogP contribution in [-0.4, -0.2) is 52.9 Å². The standard InChI is InChI=1S/C13H20O2S6/c1-8-4-16-12(14-8)18-6-10(20-12)3-11-7-19-13(21-11)15-9(2)5-17-13/h8-11H,3-7H2,1-2H3. The molecule has 0 aromatic rings. The van der Waals surface area contributed by atoms with E-state index in [1.807, 2.05) is 47.0 Å². The molecule has 4 aliphatic rings. The molecule has 2 nitrogen and oxygen atoms in total. The van der Waals surface area contributed by atoms with Crippen molar-refractivity contribution in [3.63, 3.8) is 0 Å². The van der Waals surface area contributed by atoms with Crippen molar-refractivity contribution >= 4 is 70.6 Å². The molecule has 2 spiro atoms. The van der Waals surface area contributed by atoms with Gasteiger partial charge in [0.15, 0.2) is 0 Å². The summed E-state index contributed by atoms with van der Waals surface area (Å²) in [5.74, 6) is 4.77. The molecule has 0 radical (unpaired) electrons. The van der Waals surface area contributed by atoms with E-state index in [1.54, 1.807) is 0 Å². The van der Waals surface area contributed by atoms with E-state index >= 15 is 0 Å². The van der Waals surface area contributed by atoms with Gasteiger partial charge in [-0.3, -0.25) is 0 Å². The Morgan fingerprint density at radius 1 is 0.762 bits per heavy atom. The summed E-state index contributed by atoms with van der Waals surface area (Å²) in [6.45, 7) is 4.39. The second-order valence-corrected chi connectivity index (χ2v) is 15.1. The molecule has 0 aliphatic carbocycles. The summed E-state index contributed by atoms with van der Waals surface area (Å²) in [6.07, 6.45) is 2.13. The quantitative estimate of drug-likeness (QED) is 0.661. The summed E-state index contributed by atoms with van der Waals surface area (Å²) in [4.78, 5) is 0. The third-order valence-electron chi connectivity index (χ3n) is 3.72. The van der Waals surface area contributed by atoms with E-state index in [-0.39, 0.29) is 7.19 Å². The molecule has 0 bridgehead atoms. The van der Waals surface area contributed by atoms with Crippen LogP contribution >= 0.6 is 70.6 Å². The summed E-state index contributed by atoms with van der Waals surface area (Å²) in [7, 11) is 0. The Morgan fingerprint density at radius 3 is 1.57 bits per heavy atom. The Bertz CT molecular complexity index is 376. The van der Waals surface area contributed by atoms with Gasteiger partial charge in [-0.05, 0) is 20.3 Å². The highest BCUT2D eigenvalue weighted by molar-refractivity contribution is 8.36. The van der Waals surface area contributed by atoms with Gasteiger partial charge in [0.05, 0.1) is 12.2 Å². The van der Waals surface area contributed by atoms with E-state index in [0.717, 1.165) is 22.0 Å². The molecule has 8 heteroatoms. The number of hydrogen-bond donors (Lipinski definition) is 0. The second-order valence-electron chi connectivity index (χ2n) is 5.82. The maximum atomic E-state index is 6.16. The SMILES string of the molecule is CC1CSC2(O1)SCC(CC1CSC3(OC(C)CS3)S1)S2. The molecule has 0 aromatic heterocycles. The zero-order valence-electron chi connectivity index (χ0n) is 12.1. The van der Waals surface area contributed by atoms with Crippen molar-refractivity contribution in [3.05, 3.63) is 0 Å². The van der Waals surface area contributed by atoms with Gasteiger partial charge in [0.1, 0.15) is 0 Å². The van der Waals surface area contributed by atoms with Crippen LogP contribution in [0.4, 0.5) is 0 Å². The minimum atomic E-state index is 0.0192. The van der Waals surface area contributed by atoms with Gasteiger partial charge in [-0.25, -0.2) is 0 Å². The first-order chi connectivity index (χ1) is 10.1. The molecule has 0 amide bonds. The summed E-state index contributed by atoms with van der Waals surface area (Å²) < 4.78 is 12.4. The predicted octanol–water partition coefficient (Wildman–Crippen LogP) is 4.60. The zero-order valence-corrected chi connectivity index (χ0v) is 17.0. The van der Waals surface area contributed by atoms with Gasteiger partial charge in [0, 0.05) is 33.5 Å². The van der Waals surface area contributed by atoms with Crippen LogP contribution in [0.15, 0.2) is 0 Å². The molecular weight excluding hydrogens is 381 g/mol. The van der Waals surface area contributed by atoms with Crippen LogP contribution in [0.25, 0.3) is 0 Å². The van der Waals surface area contributed by atoms with Crippen molar-refractivity contribution in [2.45, 2.75) is 50.2 Å². The fourth-order valence-electron chi connectivity index (χ4n) is 2.80. The lowest BCUT2D eigenvalue weighted by Crippen LogP contribution is -2.17. The molecule has 0 aromatic carbocycles. The highest BCUT2D eigenvalue weighted by atomic mass is 32.3. The normalized spacial score (nSPS) is 53.4. The monoisotopic (exact) mass is 400 g/mol. The lowest BCUT2D eigenvalue weighted by atomic mass is 10.2. The lowest BCUT2D eigenvalue weighted by molar-refractivity contribution is 0.106. The van der Waals surface area contributed by atoms with E-state index < -0.39 is 0 Å². The van der Waals surface area contributed by atoms with Gasteiger partial charge < -0.3 is 9.47 Å². The van der Waals surface area contributed by atoms with Crippen LogP contribution < -0.4 is 0 Å². The molecule has 0 N–H and O–H groups in total. The van der Waals surface area contributed by atoms with E-state index in [9.17, 15) is 0 Å². The number of hydrogen-bond acceptors (Lipinski definition) is 8. The fourth-order valence-corrected chi connectivity index (χ4v) is 13.8. The Balaban J connectivity index is 1.30. The fraction of sp³-hybridized carbons (Fsp3) is 1.00. The van der Waals surface area contributed by atoms with Crippen molar-refractivity contribution in [1.29, 1.82) is 0 Å². The van der Waals surface area contributed by atoms with Gasteiger partial charge in [-0.2, -0.15) is 0 Å². The van der Waals surface area contributed by atoms with Crippen LogP contribution in [0.2, 0.25) is 0 Å². The maximum Gasteiger partial charge on any atom is 0.209 e. The molecule has 0 saturated carbocycles. The largest absolute Gasteiger partial charge is 0.342 e. The molecule has 6 atom stereocenters. The van der Waals surface area contributed by atoms with Crippen LogP contribution in [0.3, 0.4) is 0 Å².